The van der Waals surface area contributed by atoms with E-state index in [0.29, 0.717) is 12.1 Å². The van der Waals surface area contributed by atoms with Gasteiger partial charge in [-0.2, -0.15) is 0 Å². The largest absolute Gasteiger partial charge is 0.481 e. The molecule has 2 fully saturated rings. The van der Waals surface area contributed by atoms with Crippen LogP contribution in [-0.2, 0) is 4.79 Å². The summed E-state index contributed by atoms with van der Waals surface area (Å²) in [5.41, 5.74) is 0. The minimum atomic E-state index is -0.666. The number of aliphatic carboxylic acids is 1. The van der Waals surface area contributed by atoms with E-state index < -0.39 is 5.97 Å². The molecule has 0 aromatic heterocycles. The van der Waals surface area contributed by atoms with Gasteiger partial charge < -0.3 is 10.0 Å². The molecule has 0 bridgehead atoms. The number of carbonyl (C=O) groups is 1. The first-order valence-electron chi connectivity index (χ1n) is 6.75. The van der Waals surface area contributed by atoms with Gasteiger partial charge in [-0.15, -0.1) is 0 Å². The van der Waals surface area contributed by atoms with Crippen LogP contribution in [0.2, 0.25) is 0 Å². The molecule has 4 heteroatoms. The first-order chi connectivity index (χ1) is 8.08. The Bertz CT molecular complexity index is 277. The summed E-state index contributed by atoms with van der Waals surface area (Å²) in [6.07, 6.45) is 5.41. The van der Waals surface area contributed by atoms with Gasteiger partial charge in [-0.3, -0.25) is 9.69 Å². The average molecular weight is 240 g/mol. The summed E-state index contributed by atoms with van der Waals surface area (Å²) in [4.78, 5) is 15.8. The number of hydrogen-bond acceptors (Lipinski definition) is 3. The average Bonchev–Trinajstić information content (AvgIpc) is 2.68. The van der Waals surface area contributed by atoms with E-state index in [4.69, 9.17) is 5.11 Å². The lowest BCUT2D eigenvalue weighted by molar-refractivity contribution is -0.140. The highest BCUT2D eigenvalue weighted by Crippen LogP contribution is 2.30. The van der Waals surface area contributed by atoms with Gasteiger partial charge in [-0.1, -0.05) is 12.8 Å². The lowest BCUT2D eigenvalue weighted by atomic mass is 10.00. The Hall–Kier alpha value is -0.610. The first-order valence-corrected chi connectivity index (χ1v) is 6.75. The fraction of sp³-hybridized carbons (Fsp3) is 0.923. The van der Waals surface area contributed by atoms with Gasteiger partial charge in [0.2, 0.25) is 0 Å². The molecule has 0 aromatic carbocycles. The van der Waals surface area contributed by atoms with Gasteiger partial charge >= 0.3 is 5.97 Å². The number of piperazine rings is 1. The van der Waals surface area contributed by atoms with Crippen molar-refractivity contribution in [3.63, 3.8) is 0 Å². The fourth-order valence-electron chi connectivity index (χ4n) is 3.67. The van der Waals surface area contributed by atoms with Crippen LogP contribution in [0.5, 0.6) is 0 Å². The van der Waals surface area contributed by atoms with E-state index in [1.807, 2.05) is 0 Å². The van der Waals surface area contributed by atoms with Crippen molar-refractivity contribution >= 4 is 5.97 Å². The van der Waals surface area contributed by atoms with Gasteiger partial charge in [0, 0.05) is 31.2 Å². The fourth-order valence-corrected chi connectivity index (χ4v) is 3.67. The first kappa shape index (κ1) is 12.8. The molecule has 4 nitrogen and oxygen atoms in total. The topological polar surface area (TPSA) is 43.8 Å². The van der Waals surface area contributed by atoms with Gasteiger partial charge in [-0.25, -0.2) is 0 Å². The van der Waals surface area contributed by atoms with E-state index in [1.165, 1.54) is 25.7 Å². The molecule has 2 atom stereocenters. The van der Waals surface area contributed by atoms with E-state index in [2.05, 4.69) is 23.8 Å². The third kappa shape index (κ3) is 2.99. The summed E-state index contributed by atoms with van der Waals surface area (Å²) in [7, 11) is 2.09. The Labute approximate surface area is 104 Å². The number of rotatable bonds is 3. The summed E-state index contributed by atoms with van der Waals surface area (Å²) in [6.45, 7) is 4.20. The molecule has 2 aliphatic rings. The second kappa shape index (κ2) is 5.36. The number of carboxylic acids is 1. The Morgan fingerprint density at radius 1 is 1.29 bits per heavy atom. The van der Waals surface area contributed by atoms with Crippen molar-refractivity contribution in [3.8, 4) is 0 Å². The molecule has 2 unspecified atom stereocenters. The highest BCUT2D eigenvalue weighted by atomic mass is 16.4. The minimum absolute atomic E-state index is 0.198. The molecule has 1 heterocycles. The van der Waals surface area contributed by atoms with Crippen LogP contribution in [-0.4, -0.2) is 59.1 Å². The molecule has 1 saturated heterocycles. The molecular weight excluding hydrogens is 216 g/mol. The standard InChI is InChI=1S/C13H24N2O2/c1-10-8-14(2)9-12(7-13(16)17)15(10)11-5-3-4-6-11/h10-12H,3-9H2,1-2H3,(H,16,17). The molecule has 98 valence electrons. The molecule has 2 rings (SSSR count). The molecular formula is C13H24N2O2. The Morgan fingerprint density at radius 2 is 1.94 bits per heavy atom. The van der Waals surface area contributed by atoms with Gasteiger partial charge in [-0.05, 0) is 26.8 Å². The second-order valence-corrected chi connectivity index (χ2v) is 5.71. The molecule has 17 heavy (non-hydrogen) atoms. The maximum absolute atomic E-state index is 11.0. The van der Waals surface area contributed by atoms with Crippen LogP contribution in [0.4, 0.5) is 0 Å². The molecule has 0 radical (unpaired) electrons. The summed E-state index contributed by atoms with van der Waals surface area (Å²) >= 11 is 0. The molecule has 0 aromatic rings. The monoisotopic (exact) mass is 240 g/mol. The summed E-state index contributed by atoms with van der Waals surface area (Å²) < 4.78 is 0. The predicted octanol–water partition coefficient (Wildman–Crippen LogP) is 1.41. The van der Waals surface area contributed by atoms with Gasteiger partial charge in [0.05, 0.1) is 6.42 Å². The zero-order valence-electron chi connectivity index (χ0n) is 10.9. The molecule has 1 saturated carbocycles. The van der Waals surface area contributed by atoms with Crippen molar-refractivity contribution < 1.29 is 9.90 Å². The van der Waals surface area contributed by atoms with Crippen molar-refractivity contribution in [2.45, 2.75) is 57.2 Å². The Morgan fingerprint density at radius 3 is 2.53 bits per heavy atom. The van der Waals surface area contributed by atoms with Gasteiger partial charge in [0.1, 0.15) is 0 Å². The Balaban J connectivity index is 2.08. The normalized spacial score (nSPS) is 33.1. The highest BCUT2D eigenvalue weighted by molar-refractivity contribution is 5.67. The van der Waals surface area contributed by atoms with E-state index >= 15 is 0 Å². The van der Waals surface area contributed by atoms with Crippen LogP contribution < -0.4 is 0 Å². The number of hydrogen-bond donors (Lipinski definition) is 1. The molecule has 1 aliphatic carbocycles. The lowest BCUT2D eigenvalue weighted by Gasteiger charge is -2.47. The van der Waals surface area contributed by atoms with Crippen LogP contribution in [0.15, 0.2) is 0 Å². The van der Waals surface area contributed by atoms with Crippen molar-refractivity contribution in [1.82, 2.24) is 9.80 Å². The highest BCUT2D eigenvalue weighted by Gasteiger charge is 2.37. The maximum Gasteiger partial charge on any atom is 0.304 e. The minimum Gasteiger partial charge on any atom is -0.481 e. The van der Waals surface area contributed by atoms with Crippen LogP contribution in [0.1, 0.15) is 39.0 Å². The number of likely N-dealkylation sites (N-methyl/N-ethyl adjacent to an activating group) is 1. The van der Waals surface area contributed by atoms with E-state index in [1.54, 1.807) is 0 Å². The molecule has 0 spiro atoms. The van der Waals surface area contributed by atoms with Crippen LogP contribution >= 0.6 is 0 Å². The van der Waals surface area contributed by atoms with E-state index in [0.717, 1.165) is 13.1 Å². The maximum atomic E-state index is 11.0. The third-order valence-electron chi connectivity index (χ3n) is 4.19. The van der Waals surface area contributed by atoms with Crippen LogP contribution in [0.25, 0.3) is 0 Å². The van der Waals surface area contributed by atoms with Crippen molar-refractivity contribution in [1.29, 1.82) is 0 Å². The SMILES string of the molecule is CC1CN(C)CC(CC(=O)O)N1C1CCCC1. The van der Waals surface area contributed by atoms with Crippen molar-refractivity contribution in [2.75, 3.05) is 20.1 Å². The smallest absolute Gasteiger partial charge is 0.304 e. The lowest BCUT2D eigenvalue weighted by Crippen LogP contribution is -2.59. The second-order valence-electron chi connectivity index (χ2n) is 5.71. The molecule has 1 N–H and O–H groups in total. The number of carboxylic acid groups (broad SMARTS) is 1. The van der Waals surface area contributed by atoms with Crippen molar-refractivity contribution in [2.24, 2.45) is 0 Å². The third-order valence-corrected chi connectivity index (χ3v) is 4.19. The summed E-state index contributed by atoms with van der Waals surface area (Å²) in [5, 5.41) is 9.05. The Kier molecular flexibility index (Phi) is 4.05. The van der Waals surface area contributed by atoms with E-state index in [-0.39, 0.29) is 12.5 Å². The van der Waals surface area contributed by atoms with Gasteiger partial charge in [0.25, 0.3) is 0 Å². The van der Waals surface area contributed by atoms with Crippen molar-refractivity contribution in [3.05, 3.63) is 0 Å². The number of nitrogens with zero attached hydrogens (tertiary/aromatic N) is 2. The molecule has 0 amide bonds. The quantitative estimate of drug-likeness (QED) is 0.810. The predicted molar refractivity (Wildman–Crippen MR) is 67.1 cm³/mol. The van der Waals surface area contributed by atoms with Crippen LogP contribution in [0, 0.1) is 0 Å². The zero-order valence-corrected chi connectivity index (χ0v) is 10.9. The molecule has 1 aliphatic heterocycles. The van der Waals surface area contributed by atoms with Gasteiger partial charge in [0.15, 0.2) is 0 Å². The van der Waals surface area contributed by atoms with E-state index in [9.17, 15) is 4.79 Å². The zero-order chi connectivity index (χ0) is 12.4. The summed E-state index contributed by atoms with van der Waals surface area (Å²) in [6, 6.07) is 1.31. The summed E-state index contributed by atoms with van der Waals surface area (Å²) in [5.74, 6) is -0.666. The van der Waals surface area contributed by atoms with Crippen LogP contribution in [0.3, 0.4) is 0 Å².